The molecule has 22 heavy (non-hydrogen) atoms. The van der Waals surface area contributed by atoms with Gasteiger partial charge in [0.05, 0.1) is 0 Å². The van der Waals surface area contributed by atoms with Crippen LogP contribution in [-0.2, 0) is 0 Å². The minimum absolute atomic E-state index is 0.189. The Morgan fingerprint density at radius 2 is 1.32 bits per heavy atom. The molecule has 0 fully saturated rings. The maximum absolute atomic E-state index is 12.1. The molecule has 3 rings (SSSR count). The molecule has 2 nitrogen and oxygen atoms in total. The van der Waals surface area contributed by atoms with Crippen LogP contribution in [0.1, 0.15) is 0 Å². The van der Waals surface area contributed by atoms with Gasteiger partial charge in [-0.15, -0.1) is 13.2 Å². The summed E-state index contributed by atoms with van der Waals surface area (Å²) in [6, 6.07) is 16.3. The van der Waals surface area contributed by atoms with Gasteiger partial charge in [-0.2, -0.15) is 0 Å². The van der Waals surface area contributed by atoms with Gasteiger partial charge in [-0.3, -0.25) is 0 Å². The van der Waals surface area contributed by atoms with Crippen molar-refractivity contribution in [1.82, 2.24) is 0 Å². The molecular formula is C17H11F3O2. The van der Waals surface area contributed by atoms with E-state index < -0.39 is 6.36 Å². The van der Waals surface area contributed by atoms with Crippen LogP contribution < -0.4 is 4.74 Å². The SMILES string of the molecule is Oc1ccc2cc(-c3ccc(OC(F)(F)F)cc3)ccc2c1. The zero-order valence-electron chi connectivity index (χ0n) is 11.3. The fraction of sp³-hybridized carbons (Fsp3) is 0.0588. The van der Waals surface area contributed by atoms with Crippen molar-refractivity contribution in [2.24, 2.45) is 0 Å². The Bertz CT molecular complexity index is 808. The maximum atomic E-state index is 12.1. The highest BCUT2D eigenvalue weighted by Gasteiger charge is 2.30. The van der Waals surface area contributed by atoms with E-state index in [0.29, 0.717) is 0 Å². The number of ether oxygens (including phenoxy) is 1. The van der Waals surface area contributed by atoms with E-state index in [2.05, 4.69) is 4.74 Å². The first kappa shape index (κ1) is 14.3. The van der Waals surface area contributed by atoms with Gasteiger partial charge in [0.1, 0.15) is 11.5 Å². The molecular weight excluding hydrogens is 293 g/mol. The van der Waals surface area contributed by atoms with Crippen LogP contribution in [0.5, 0.6) is 11.5 Å². The number of phenols is 1. The van der Waals surface area contributed by atoms with Crippen molar-refractivity contribution < 1.29 is 23.0 Å². The van der Waals surface area contributed by atoms with E-state index in [-0.39, 0.29) is 11.5 Å². The van der Waals surface area contributed by atoms with Gasteiger partial charge in [0.25, 0.3) is 0 Å². The van der Waals surface area contributed by atoms with Crippen LogP contribution in [0.4, 0.5) is 13.2 Å². The molecule has 0 aliphatic rings. The highest BCUT2D eigenvalue weighted by molar-refractivity contribution is 5.88. The molecule has 0 aliphatic carbocycles. The Balaban J connectivity index is 1.92. The van der Waals surface area contributed by atoms with Crippen molar-refractivity contribution in [3.05, 3.63) is 60.7 Å². The molecule has 3 aromatic carbocycles. The van der Waals surface area contributed by atoms with Crippen LogP contribution >= 0.6 is 0 Å². The van der Waals surface area contributed by atoms with E-state index in [0.717, 1.165) is 21.9 Å². The molecule has 0 aromatic heterocycles. The molecule has 0 saturated carbocycles. The van der Waals surface area contributed by atoms with Gasteiger partial charge in [0, 0.05) is 0 Å². The molecule has 0 bridgehead atoms. The smallest absolute Gasteiger partial charge is 0.508 e. The lowest BCUT2D eigenvalue weighted by atomic mass is 10.0. The highest BCUT2D eigenvalue weighted by Crippen LogP contribution is 2.29. The number of alkyl halides is 3. The minimum atomic E-state index is -4.69. The van der Waals surface area contributed by atoms with E-state index in [9.17, 15) is 18.3 Å². The third-order valence-electron chi connectivity index (χ3n) is 3.25. The molecule has 0 unspecified atom stereocenters. The van der Waals surface area contributed by atoms with Crippen LogP contribution in [0, 0.1) is 0 Å². The number of rotatable bonds is 2. The predicted octanol–water partition coefficient (Wildman–Crippen LogP) is 5.11. The fourth-order valence-electron chi connectivity index (χ4n) is 2.26. The zero-order valence-corrected chi connectivity index (χ0v) is 11.3. The fourth-order valence-corrected chi connectivity index (χ4v) is 2.26. The molecule has 112 valence electrons. The number of fused-ring (bicyclic) bond motifs is 1. The summed E-state index contributed by atoms with van der Waals surface area (Å²) in [7, 11) is 0. The quantitative estimate of drug-likeness (QED) is 0.713. The van der Waals surface area contributed by atoms with Gasteiger partial charge in [-0.1, -0.05) is 30.3 Å². The summed E-state index contributed by atoms with van der Waals surface area (Å²) in [4.78, 5) is 0. The summed E-state index contributed by atoms with van der Waals surface area (Å²) >= 11 is 0. The first-order valence-electron chi connectivity index (χ1n) is 6.50. The van der Waals surface area contributed by atoms with E-state index in [1.807, 2.05) is 18.2 Å². The summed E-state index contributed by atoms with van der Waals surface area (Å²) < 4.78 is 40.2. The number of phenolic OH excluding ortho intramolecular Hbond substituents is 1. The Hall–Kier alpha value is -2.69. The number of halogens is 3. The van der Waals surface area contributed by atoms with Crippen molar-refractivity contribution in [3.8, 4) is 22.6 Å². The summed E-state index contributed by atoms with van der Waals surface area (Å²) in [5.41, 5.74) is 1.65. The second-order valence-corrected chi connectivity index (χ2v) is 4.82. The summed E-state index contributed by atoms with van der Waals surface area (Å²) in [6.45, 7) is 0. The van der Waals surface area contributed by atoms with Gasteiger partial charge in [0.2, 0.25) is 0 Å². The monoisotopic (exact) mass is 304 g/mol. The van der Waals surface area contributed by atoms with Gasteiger partial charge in [-0.25, -0.2) is 0 Å². The van der Waals surface area contributed by atoms with Crippen LogP contribution in [0.2, 0.25) is 0 Å². The third-order valence-corrected chi connectivity index (χ3v) is 3.25. The minimum Gasteiger partial charge on any atom is -0.508 e. The van der Waals surface area contributed by atoms with Crippen LogP contribution in [0.15, 0.2) is 60.7 Å². The lowest BCUT2D eigenvalue weighted by molar-refractivity contribution is -0.274. The number of benzene rings is 3. The molecule has 0 amide bonds. The number of hydrogen-bond donors (Lipinski definition) is 1. The molecule has 1 N–H and O–H groups in total. The third kappa shape index (κ3) is 3.14. The average Bonchev–Trinajstić information content (AvgIpc) is 2.46. The summed E-state index contributed by atoms with van der Waals surface area (Å²) in [5, 5.41) is 11.3. The van der Waals surface area contributed by atoms with Crippen molar-refractivity contribution >= 4 is 10.8 Å². The van der Waals surface area contributed by atoms with Crippen LogP contribution in [0.3, 0.4) is 0 Å². The van der Waals surface area contributed by atoms with E-state index in [1.54, 1.807) is 30.3 Å². The lowest BCUT2D eigenvalue weighted by Crippen LogP contribution is -2.16. The second-order valence-electron chi connectivity index (χ2n) is 4.82. The van der Waals surface area contributed by atoms with Gasteiger partial charge < -0.3 is 9.84 Å². The molecule has 0 aliphatic heterocycles. The molecule has 0 spiro atoms. The van der Waals surface area contributed by atoms with Crippen molar-refractivity contribution in [1.29, 1.82) is 0 Å². The number of aromatic hydroxyl groups is 1. The van der Waals surface area contributed by atoms with Crippen LogP contribution in [0.25, 0.3) is 21.9 Å². The molecule has 3 aromatic rings. The highest BCUT2D eigenvalue weighted by atomic mass is 19.4. The normalized spacial score (nSPS) is 11.6. The molecule has 0 heterocycles. The second kappa shape index (κ2) is 5.26. The molecule has 0 atom stereocenters. The van der Waals surface area contributed by atoms with E-state index in [4.69, 9.17) is 0 Å². The topological polar surface area (TPSA) is 29.5 Å². The molecule has 0 saturated heterocycles. The largest absolute Gasteiger partial charge is 0.573 e. The Morgan fingerprint density at radius 3 is 2.00 bits per heavy atom. The van der Waals surface area contributed by atoms with Crippen molar-refractivity contribution in [3.63, 3.8) is 0 Å². The number of hydrogen-bond acceptors (Lipinski definition) is 2. The van der Waals surface area contributed by atoms with E-state index >= 15 is 0 Å². The zero-order chi connectivity index (χ0) is 15.7. The average molecular weight is 304 g/mol. The molecule has 0 radical (unpaired) electrons. The Kier molecular flexibility index (Phi) is 3.41. The first-order chi connectivity index (χ1) is 10.4. The van der Waals surface area contributed by atoms with Gasteiger partial charge in [0.15, 0.2) is 0 Å². The Morgan fingerprint density at radius 1 is 0.727 bits per heavy atom. The van der Waals surface area contributed by atoms with Gasteiger partial charge >= 0.3 is 6.36 Å². The standard InChI is InChI=1S/C17H11F3O2/c18-17(19,20)22-16-7-4-11(5-8-16)12-1-2-14-10-15(21)6-3-13(14)9-12/h1-10,21H. The van der Waals surface area contributed by atoms with Crippen LogP contribution in [-0.4, -0.2) is 11.5 Å². The summed E-state index contributed by atoms with van der Waals surface area (Å²) in [5.74, 6) is -0.0594. The van der Waals surface area contributed by atoms with Crippen molar-refractivity contribution in [2.75, 3.05) is 0 Å². The van der Waals surface area contributed by atoms with Gasteiger partial charge in [-0.05, 0) is 52.2 Å². The lowest BCUT2D eigenvalue weighted by Gasteiger charge is -2.09. The summed E-state index contributed by atoms with van der Waals surface area (Å²) in [6.07, 6.45) is -4.69. The Labute approximate surface area is 124 Å². The predicted molar refractivity (Wildman–Crippen MR) is 77.7 cm³/mol. The maximum Gasteiger partial charge on any atom is 0.573 e. The van der Waals surface area contributed by atoms with Crippen molar-refractivity contribution in [2.45, 2.75) is 6.36 Å². The van der Waals surface area contributed by atoms with E-state index in [1.165, 1.54) is 12.1 Å². The molecule has 5 heteroatoms. The first-order valence-corrected chi connectivity index (χ1v) is 6.50.